The number of amides is 6. The average molecular weight is 1610 g/mol. The number of aliphatic carboxylic acids is 1. The van der Waals surface area contributed by atoms with Crippen LogP contribution < -0.4 is 42.5 Å². The fourth-order valence-corrected chi connectivity index (χ4v) is 15.9. The summed E-state index contributed by atoms with van der Waals surface area (Å²) in [5, 5.41) is 65.1. The predicted octanol–water partition coefficient (Wildman–Crippen LogP) is 13.9. The molecule has 0 spiro atoms. The Bertz CT molecular complexity index is 5440. The molecule has 115 heavy (non-hydrogen) atoms. The number of aliphatic hydroxyl groups is 3. The zero-order valence-electron chi connectivity index (χ0n) is 65.3. The molecule has 6 amide bonds. The summed E-state index contributed by atoms with van der Waals surface area (Å²) in [7, 11) is 0. The number of carboxylic acids is 1. The molecular formula is C82H93N21O9S3. The number of hydrogen-bond donors (Lipinski definition) is 12. The van der Waals surface area contributed by atoms with Crippen LogP contribution >= 0.6 is 34.0 Å². The van der Waals surface area contributed by atoms with Gasteiger partial charge in [-0.3, -0.25) is 60.5 Å². The van der Waals surface area contributed by atoms with E-state index < -0.39 is 28.7 Å². The van der Waals surface area contributed by atoms with Gasteiger partial charge >= 0.3 is 24.1 Å². The minimum atomic E-state index is -1.12. The van der Waals surface area contributed by atoms with Gasteiger partial charge in [0, 0.05) is 128 Å². The highest BCUT2D eigenvalue weighted by Gasteiger charge is 2.38. The van der Waals surface area contributed by atoms with E-state index in [-0.39, 0.29) is 24.1 Å². The molecule has 10 heterocycles. The van der Waals surface area contributed by atoms with E-state index in [9.17, 15) is 39.6 Å². The van der Waals surface area contributed by atoms with E-state index in [1.165, 1.54) is 46.9 Å². The lowest BCUT2D eigenvalue weighted by Gasteiger charge is -2.34. The monoisotopic (exact) mass is 1610 g/mol. The predicted molar refractivity (Wildman–Crippen MR) is 448 cm³/mol. The molecular weight excluding hydrogens is 1520 g/mol. The van der Waals surface area contributed by atoms with Gasteiger partial charge in [-0.1, -0.05) is 34.0 Å². The number of aliphatic hydroxyl groups excluding tert-OH is 1. The molecule has 3 fully saturated rings. The Balaban J connectivity index is 0.000000151. The Labute approximate surface area is 676 Å². The van der Waals surface area contributed by atoms with Crippen molar-refractivity contribution in [3.8, 4) is 67.4 Å². The van der Waals surface area contributed by atoms with Gasteiger partial charge in [-0.25, -0.2) is 39.3 Å². The van der Waals surface area contributed by atoms with Crippen LogP contribution in [-0.2, 0) is 33.8 Å². The summed E-state index contributed by atoms with van der Waals surface area (Å²) in [5.74, 6) is -0.381. The number of fused-ring (bicyclic) bond motifs is 3. The number of thiazole rings is 3. The number of morpholine rings is 1. The van der Waals surface area contributed by atoms with Crippen LogP contribution in [0.4, 0.5) is 35.5 Å². The molecule has 1 aliphatic heterocycles. The maximum atomic E-state index is 12.2. The molecule has 1 saturated heterocycles. The zero-order valence-corrected chi connectivity index (χ0v) is 67.8. The first-order valence-corrected chi connectivity index (χ1v) is 40.7. The SMILES string of the molecule is CCNC(=O)Nc1nc2cc(-c3cnc(C(C)(C)O)cn3)cc(-c3cc(NC4CCC(C)(C(=O)O)CC4)ccn3)c2s1.CCNC(=O)Nc1nc2cc(-c3cnc(C(C)(C)O)nc3)cc(-c3cc(CNC4CC4)ccn3)c2s1.CCNC(=O)Nc1nc2cc(-c3cnc(C(C)O)cn3)cc(-c3cc(CN4CCOCC4)ccn3)c2s1. The van der Waals surface area contributed by atoms with Crippen LogP contribution in [0, 0.1) is 5.41 Å². The van der Waals surface area contributed by atoms with Gasteiger partial charge < -0.3 is 51.7 Å². The Hall–Kier alpha value is -11.1. The van der Waals surface area contributed by atoms with Crippen LogP contribution in [0.15, 0.2) is 129 Å². The first-order valence-electron chi connectivity index (χ1n) is 38.2. The number of urea groups is 3. The first-order chi connectivity index (χ1) is 55.2. The Morgan fingerprint density at radius 1 is 0.539 bits per heavy atom. The third kappa shape index (κ3) is 20.9. The largest absolute Gasteiger partial charge is 0.481 e. The second-order valence-electron chi connectivity index (χ2n) is 29.7. The van der Waals surface area contributed by atoms with Crippen LogP contribution in [0.3, 0.4) is 0 Å². The summed E-state index contributed by atoms with van der Waals surface area (Å²) in [6, 6.07) is 23.9. The molecule has 12 aromatic rings. The van der Waals surface area contributed by atoms with Crippen molar-refractivity contribution < 1.29 is 44.3 Å². The van der Waals surface area contributed by atoms with E-state index >= 15 is 0 Å². The van der Waals surface area contributed by atoms with Crippen LogP contribution in [-0.4, -0.2) is 167 Å². The van der Waals surface area contributed by atoms with Crippen LogP contribution in [0.2, 0.25) is 0 Å². The number of benzene rings is 3. The van der Waals surface area contributed by atoms with Crippen molar-refractivity contribution in [2.45, 2.75) is 143 Å². The standard InChI is InChI=1S/C30H35N7O4S.C26H29N7O3S.C26H29N7O2S/c1-5-31-27(40)37-28-36-22-13-17(23-15-34-24(16-33-23)29(2,3)41)12-20(25(22)42-28)21-14-19(8-11-32-21)35-18-6-9-30(4,10-7-18)26(38)39;1-3-27-25(35)32-26-31-21-12-18(23-14-29-22(13-30-23)16(2)34)11-19(24(21)37-26)20-10-17(4-5-28-20)15-33-6-8-36-9-7-33;1-4-27-24(34)33-25-32-21-11-16(17-13-30-23(31-14-17)26(2,3)35)10-19(22(21)36-25)20-9-15(7-8-28-20)12-29-18-5-6-18/h8,11-16,18,41H,5-7,9-10H2,1-4H3,(H,32,35)(H,38,39)(H2,31,36,37,40);4-5,10-14,16,34H,3,6-9,15H2,1-2H3,(H2,27,31,32,35);7-11,13-14,18,29,35H,4-6,12H2,1-3H3,(H2,27,32,33,34). The molecule has 12 N–H and O–H groups in total. The summed E-state index contributed by atoms with van der Waals surface area (Å²) in [5.41, 5.74) is 12.9. The summed E-state index contributed by atoms with van der Waals surface area (Å²) >= 11 is 4.18. The molecule has 33 heteroatoms. The van der Waals surface area contributed by atoms with Crippen molar-refractivity contribution >= 4 is 110 Å². The minimum absolute atomic E-state index is 0.167. The van der Waals surface area contributed by atoms with Crippen molar-refractivity contribution in [2.24, 2.45) is 5.41 Å². The molecule has 15 rings (SSSR count). The van der Waals surface area contributed by atoms with E-state index in [0.29, 0.717) is 93.7 Å². The van der Waals surface area contributed by atoms with Gasteiger partial charge in [-0.15, -0.1) is 0 Å². The molecule has 598 valence electrons. The van der Waals surface area contributed by atoms with Crippen LogP contribution in [0.1, 0.15) is 135 Å². The first kappa shape index (κ1) is 81.9. The van der Waals surface area contributed by atoms with Gasteiger partial charge in [0.2, 0.25) is 0 Å². The van der Waals surface area contributed by atoms with Crippen molar-refractivity contribution in [1.82, 2.24) is 86.0 Å². The molecule has 30 nitrogen and oxygen atoms in total. The molecule has 2 saturated carbocycles. The highest BCUT2D eigenvalue weighted by Crippen LogP contribution is 2.44. The number of pyridine rings is 3. The lowest BCUT2D eigenvalue weighted by Crippen LogP contribution is -2.36. The Morgan fingerprint density at radius 2 is 1.02 bits per heavy atom. The Morgan fingerprint density at radius 3 is 1.48 bits per heavy atom. The van der Waals surface area contributed by atoms with Gasteiger partial charge in [-0.05, 0) is 190 Å². The lowest BCUT2D eigenvalue weighted by atomic mass is 9.74. The average Bonchev–Trinajstić information content (AvgIpc) is 1.69. The van der Waals surface area contributed by atoms with E-state index in [1.54, 1.807) is 78.0 Å². The van der Waals surface area contributed by atoms with Gasteiger partial charge in [0.05, 0.1) is 120 Å². The summed E-state index contributed by atoms with van der Waals surface area (Å²) in [4.78, 5) is 105. The molecule has 2 aliphatic carbocycles. The van der Waals surface area contributed by atoms with Gasteiger partial charge in [0.15, 0.2) is 21.2 Å². The normalized spacial score (nSPS) is 16.0. The van der Waals surface area contributed by atoms with Crippen LogP contribution in [0.25, 0.3) is 98.1 Å². The van der Waals surface area contributed by atoms with Crippen molar-refractivity contribution in [3.05, 3.63) is 157 Å². The molecule has 9 aromatic heterocycles. The summed E-state index contributed by atoms with van der Waals surface area (Å²) < 4.78 is 8.18. The Kier molecular flexibility index (Phi) is 25.7. The van der Waals surface area contributed by atoms with E-state index in [2.05, 4.69) is 120 Å². The van der Waals surface area contributed by atoms with Crippen LogP contribution in [0.5, 0.6) is 0 Å². The van der Waals surface area contributed by atoms with E-state index in [4.69, 9.17) is 9.72 Å². The number of carbonyl (C=O) groups excluding carboxylic acids is 3. The summed E-state index contributed by atoms with van der Waals surface area (Å²) in [6.07, 6.45) is 19.8. The molecule has 1 atom stereocenters. The highest BCUT2D eigenvalue weighted by molar-refractivity contribution is 7.23. The summed E-state index contributed by atoms with van der Waals surface area (Å²) in [6.45, 7) is 22.1. The number of anilines is 4. The van der Waals surface area contributed by atoms with Gasteiger partial charge in [0.1, 0.15) is 11.2 Å². The number of nitrogens with zero attached hydrogens (tertiary/aromatic N) is 13. The van der Waals surface area contributed by atoms with E-state index in [0.717, 1.165) is 145 Å². The van der Waals surface area contributed by atoms with Crippen molar-refractivity contribution in [3.63, 3.8) is 0 Å². The fourth-order valence-electron chi connectivity index (χ4n) is 13.0. The molecule has 3 aromatic carbocycles. The minimum Gasteiger partial charge on any atom is -0.481 e. The molecule has 3 aliphatic rings. The van der Waals surface area contributed by atoms with E-state index in [1.807, 2.05) is 94.7 Å². The molecule has 1 unspecified atom stereocenters. The third-order valence-electron chi connectivity index (χ3n) is 19.5. The zero-order chi connectivity index (χ0) is 81.1. The number of carbonyl (C=O) groups is 4. The maximum absolute atomic E-state index is 12.2. The highest BCUT2D eigenvalue weighted by atomic mass is 32.1. The topological polar surface area (TPSA) is 413 Å². The lowest BCUT2D eigenvalue weighted by molar-refractivity contribution is -0.149. The third-order valence-corrected chi connectivity index (χ3v) is 22.6. The number of ether oxygens (including phenoxy) is 1. The van der Waals surface area contributed by atoms with Crippen molar-refractivity contribution in [1.29, 1.82) is 0 Å². The second kappa shape index (κ2) is 36.1. The van der Waals surface area contributed by atoms with Crippen molar-refractivity contribution in [2.75, 3.05) is 67.2 Å². The fraction of sp³-hybridized carbons (Fsp3) is 0.366. The second-order valence-corrected chi connectivity index (χ2v) is 32.7. The number of carboxylic acid groups (broad SMARTS) is 1. The number of aromatic nitrogens is 12. The number of rotatable bonds is 23. The molecule has 0 radical (unpaired) electrons. The maximum Gasteiger partial charge on any atom is 0.321 e. The van der Waals surface area contributed by atoms with Gasteiger partial charge in [-0.2, -0.15) is 0 Å². The number of nitrogens with one attached hydrogen (secondary N) is 8. The number of hydrogen-bond acceptors (Lipinski definition) is 26. The smallest absolute Gasteiger partial charge is 0.321 e. The van der Waals surface area contributed by atoms with Gasteiger partial charge in [0.25, 0.3) is 0 Å². The molecule has 0 bridgehead atoms. The quantitative estimate of drug-likeness (QED) is 0.0283.